The molecule has 0 aromatic carbocycles. The molecule has 0 aliphatic carbocycles. The topological polar surface area (TPSA) is 57.5 Å². The molecule has 0 aliphatic rings. The monoisotopic (exact) mass is 140 g/mol. The number of aliphatic hydroxyl groups excluding tert-OH is 1. The molecule has 0 bridgehead atoms. The lowest BCUT2D eigenvalue weighted by atomic mass is 10.2. The quantitative estimate of drug-likeness (QED) is 0.352. The first-order valence-corrected chi connectivity index (χ1v) is 2.54. The molecule has 0 aromatic rings. The van der Waals surface area contributed by atoms with Gasteiger partial charge in [-0.15, -0.1) is 0 Å². The lowest BCUT2D eigenvalue weighted by Crippen LogP contribution is -2.00. The Morgan fingerprint density at radius 1 is 1.40 bits per heavy atom. The van der Waals surface area contributed by atoms with Crippen LogP contribution in [0.5, 0.6) is 0 Å². The molecule has 2 N–H and O–H groups in total. The molecule has 0 atom stereocenters. The highest BCUT2D eigenvalue weighted by atomic mass is 16.4. The standard InChI is InChI=1S/C7H8O3/c1-3-4-6(8)5(2)7(9)10/h3-4,8H,1-2H2,(H,9,10)/b6-4+. The molecule has 0 aromatic heterocycles. The van der Waals surface area contributed by atoms with E-state index in [0.717, 1.165) is 6.08 Å². The Labute approximate surface area is 58.6 Å². The lowest BCUT2D eigenvalue weighted by Gasteiger charge is -1.94. The predicted octanol–water partition coefficient (Wildman–Crippen LogP) is 1.26. The molecule has 0 fully saturated rings. The van der Waals surface area contributed by atoms with E-state index >= 15 is 0 Å². The molecule has 0 radical (unpaired) electrons. The zero-order chi connectivity index (χ0) is 8.15. The summed E-state index contributed by atoms with van der Waals surface area (Å²) in [6, 6.07) is 0. The fourth-order valence-electron chi connectivity index (χ4n) is 0.322. The van der Waals surface area contributed by atoms with E-state index in [2.05, 4.69) is 13.2 Å². The summed E-state index contributed by atoms with van der Waals surface area (Å²) in [5.41, 5.74) is -0.333. The Balaban J connectivity index is 4.36. The number of carbonyl (C=O) groups is 1. The van der Waals surface area contributed by atoms with E-state index in [-0.39, 0.29) is 11.3 Å². The van der Waals surface area contributed by atoms with Crippen LogP contribution in [0.3, 0.4) is 0 Å². The van der Waals surface area contributed by atoms with Gasteiger partial charge in [0.15, 0.2) is 0 Å². The number of hydrogen-bond acceptors (Lipinski definition) is 2. The zero-order valence-electron chi connectivity index (χ0n) is 5.37. The van der Waals surface area contributed by atoms with Crippen LogP contribution in [0.4, 0.5) is 0 Å². The van der Waals surface area contributed by atoms with Gasteiger partial charge in [-0.25, -0.2) is 4.79 Å². The summed E-state index contributed by atoms with van der Waals surface area (Å²) in [5.74, 6) is -1.61. The number of allylic oxidation sites excluding steroid dienone is 2. The van der Waals surface area contributed by atoms with Crippen molar-refractivity contribution in [3.05, 3.63) is 36.6 Å². The first kappa shape index (κ1) is 8.49. The van der Waals surface area contributed by atoms with E-state index in [1.165, 1.54) is 6.08 Å². The van der Waals surface area contributed by atoms with Crippen LogP contribution in [0.1, 0.15) is 0 Å². The molecule has 0 heterocycles. The van der Waals surface area contributed by atoms with Crippen LogP contribution < -0.4 is 0 Å². The largest absolute Gasteiger partial charge is 0.507 e. The van der Waals surface area contributed by atoms with Gasteiger partial charge in [0.1, 0.15) is 5.76 Å². The number of carboxylic acid groups (broad SMARTS) is 1. The Bertz CT molecular complexity index is 201. The van der Waals surface area contributed by atoms with E-state index in [0.29, 0.717) is 0 Å². The van der Waals surface area contributed by atoms with Crippen molar-refractivity contribution in [2.75, 3.05) is 0 Å². The second-order valence-electron chi connectivity index (χ2n) is 1.57. The molecule has 0 rings (SSSR count). The maximum atomic E-state index is 10.1. The second-order valence-corrected chi connectivity index (χ2v) is 1.57. The van der Waals surface area contributed by atoms with Crippen molar-refractivity contribution in [1.82, 2.24) is 0 Å². The summed E-state index contributed by atoms with van der Waals surface area (Å²) >= 11 is 0. The summed E-state index contributed by atoms with van der Waals surface area (Å²) in [5, 5.41) is 17.0. The molecule has 0 aliphatic heterocycles. The molecule has 54 valence electrons. The van der Waals surface area contributed by atoms with Gasteiger partial charge < -0.3 is 10.2 Å². The van der Waals surface area contributed by atoms with Gasteiger partial charge in [-0.2, -0.15) is 0 Å². The third-order valence-electron chi connectivity index (χ3n) is 0.843. The van der Waals surface area contributed by atoms with Crippen LogP contribution in [0.15, 0.2) is 36.6 Å². The first-order chi connectivity index (χ1) is 4.59. The average molecular weight is 140 g/mol. The molecular weight excluding hydrogens is 132 g/mol. The molecular formula is C7H8O3. The van der Waals surface area contributed by atoms with Crippen LogP contribution in [-0.4, -0.2) is 16.2 Å². The highest BCUT2D eigenvalue weighted by Crippen LogP contribution is 2.02. The third kappa shape index (κ3) is 2.17. The van der Waals surface area contributed by atoms with Crippen molar-refractivity contribution >= 4 is 5.97 Å². The molecule has 0 unspecified atom stereocenters. The Kier molecular flexibility index (Phi) is 2.97. The van der Waals surface area contributed by atoms with Crippen molar-refractivity contribution in [3.63, 3.8) is 0 Å². The summed E-state index contributed by atoms with van der Waals surface area (Å²) in [6.45, 7) is 6.38. The zero-order valence-corrected chi connectivity index (χ0v) is 5.37. The number of carboxylic acids is 1. The van der Waals surface area contributed by atoms with Gasteiger partial charge in [0.05, 0.1) is 5.57 Å². The van der Waals surface area contributed by atoms with Gasteiger partial charge in [0, 0.05) is 0 Å². The second kappa shape index (κ2) is 3.50. The fourth-order valence-corrected chi connectivity index (χ4v) is 0.322. The van der Waals surface area contributed by atoms with Gasteiger partial charge in [0.2, 0.25) is 0 Å². The highest BCUT2D eigenvalue weighted by Gasteiger charge is 2.06. The fraction of sp³-hybridized carbons (Fsp3) is 0. The Hall–Kier alpha value is -1.51. The van der Waals surface area contributed by atoms with Gasteiger partial charge in [-0.05, 0) is 6.08 Å². The smallest absolute Gasteiger partial charge is 0.338 e. The Morgan fingerprint density at radius 2 is 1.90 bits per heavy atom. The van der Waals surface area contributed by atoms with Crippen LogP contribution in [-0.2, 0) is 4.79 Å². The number of aliphatic hydroxyl groups is 1. The number of hydrogen-bond donors (Lipinski definition) is 2. The molecule has 3 nitrogen and oxygen atoms in total. The van der Waals surface area contributed by atoms with Gasteiger partial charge in [0.25, 0.3) is 0 Å². The average Bonchev–Trinajstić information content (AvgIpc) is 1.87. The summed E-state index contributed by atoms with van der Waals surface area (Å²) in [7, 11) is 0. The molecule has 0 saturated carbocycles. The maximum absolute atomic E-state index is 10.1. The van der Waals surface area contributed by atoms with Crippen molar-refractivity contribution in [3.8, 4) is 0 Å². The van der Waals surface area contributed by atoms with Crippen LogP contribution in [0.2, 0.25) is 0 Å². The van der Waals surface area contributed by atoms with Crippen LogP contribution >= 0.6 is 0 Å². The van der Waals surface area contributed by atoms with E-state index in [1.807, 2.05) is 0 Å². The summed E-state index contributed by atoms with van der Waals surface area (Å²) < 4.78 is 0. The first-order valence-electron chi connectivity index (χ1n) is 2.54. The van der Waals surface area contributed by atoms with E-state index in [4.69, 9.17) is 10.2 Å². The van der Waals surface area contributed by atoms with Gasteiger partial charge in [-0.1, -0.05) is 19.2 Å². The maximum Gasteiger partial charge on any atom is 0.338 e. The van der Waals surface area contributed by atoms with Gasteiger partial charge in [-0.3, -0.25) is 0 Å². The summed E-state index contributed by atoms with van der Waals surface area (Å²) in [6.07, 6.45) is 2.44. The van der Waals surface area contributed by atoms with Crippen molar-refractivity contribution < 1.29 is 15.0 Å². The van der Waals surface area contributed by atoms with Crippen molar-refractivity contribution in [2.45, 2.75) is 0 Å². The summed E-state index contributed by atoms with van der Waals surface area (Å²) in [4.78, 5) is 10.1. The Morgan fingerprint density at radius 3 is 2.20 bits per heavy atom. The van der Waals surface area contributed by atoms with Crippen molar-refractivity contribution in [1.29, 1.82) is 0 Å². The van der Waals surface area contributed by atoms with Crippen molar-refractivity contribution in [2.24, 2.45) is 0 Å². The minimum atomic E-state index is -1.24. The molecule has 10 heavy (non-hydrogen) atoms. The number of aliphatic carboxylic acids is 1. The number of rotatable bonds is 3. The minimum Gasteiger partial charge on any atom is -0.507 e. The molecule has 0 saturated heterocycles. The van der Waals surface area contributed by atoms with Gasteiger partial charge >= 0.3 is 5.97 Å². The lowest BCUT2D eigenvalue weighted by molar-refractivity contribution is -0.132. The highest BCUT2D eigenvalue weighted by molar-refractivity contribution is 5.90. The minimum absolute atomic E-state index is 0.333. The van der Waals surface area contributed by atoms with E-state index < -0.39 is 5.97 Å². The molecule has 3 heteroatoms. The molecule has 0 spiro atoms. The van der Waals surface area contributed by atoms with E-state index in [9.17, 15) is 4.79 Å². The normalized spacial score (nSPS) is 10.6. The predicted molar refractivity (Wildman–Crippen MR) is 37.7 cm³/mol. The SMILES string of the molecule is C=C/C=C(/O)C(=C)C(=O)O. The van der Waals surface area contributed by atoms with E-state index in [1.54, 1.807) is 0 Å². The van der Waals surface area contributed by atoms with Crippen LogP contribution in [0.25, 0.3) is 0 Å². The van der Waals surface area contributed by atoms with Crippen LogP contribution in [0, 0.1) is 0 Å². The molecule has 0 amide bonds. The third-order valence-corrected chi connectivity index (χ3v) is 0.843.